The molecule has 4 aliphatic heterocycles. The molecule has 0 amide bonds. The highest BCUT2D eigenvalue weighted by atomic mass is 16.5. The minimum absolute atomic E-state index is 0.0957. The van der Waals surface area contributed by atoms with Crippen molar-refractivity contribution in [2.45, 2.75) is 0 Å². The Labute approximate surface area is 425 Å². The summed E-state index contributed by atoms with van der Waals surface area (Å²) in [5.41, 5.74) is 20.9. The maximum absolute atomic E-state index is 7.45. The van der Waals surface area contributed by atoms with E-state index >= 15 is 0 Å². The number of ether oxygens (including phenoxy) is 2. The van der Waals surface area contributed by atoms with E-state index in [1.165, 1.54) is 76.5 Å². The molecular formula is C66H38B2N4O2. The van der Waals surface area contributed by atoms with Gasteiger partial charge in [-0.2, -0.15) is 0 Å². The zero-order valence-electron chi connectivity index (χ0n) is 39.7. The summed E-state index contributed by atoms with van der Waals surface area (Å²) in [6.07, 6.45) is 0. The first kappa shape index (κ1) is 39.0. The summed E-state index contributed by atoms with van der Waals surface area (Å²) in [6, 6.07) is 84.6. The highest BCUT2D eigenvalue weighted by molar-refractivity contribution is 7.02. The van der Waals surface area contributed by atoms with Gasteiger partial charge in [0.05, 0.1) is 39.0 Å². The molecule has 11 aromatic carbocycles. The van der Waals surface area contributed by atoms with Crippen molar-refractivity contribution in [3.05, 3.63) is 231 Å². The monoisotopic (exact) mass is 940 g/mol. The summed E-state index contributed by atoms with van der Waals surface area (Å²) < 4.78 is 21.8. The molecule has 8 heteroatoms. The number of anilines is 3. The first-order valence-corrected chi connectivity index (χ1v) is 25.6. The Morgan fingerprint density at radius 3 is 1.38 bits per heavy atom. The third kappa shape index (κ3) is 4.92. The molecular weight excluding hydrogens is 902 g/mol. The second-order valence-corrected chi connectivity index (χ2v) is 20.3. The van der Waals surface area contributed by atoms with Gasteiger partial charge in [0.15, 0.2) is 0 Å². The molecule has 18 rings (SSSR count). The van der Waals surface area contributed by atoms with Gasteiger partial charge in [-0.1, -0.05) is 152 Å². The number of aromatic nitrogens is 3. The van der Waals surface area contributed by atoms with Crippen LogP contribution in [0.4, 0.5) is 17.1 Å². The quantitative estimate of drug-likeness (QED) is 0.166. The molecule has 4 aliphatic rings. The molecule has 340 valence electrons. The van der Waals surface area contributed by atoms with Crippen LogP contribution in [0.2, 0.25) is 0 Å². The van der Waals surface area contributed by atoms with E-state index in [4.69, 9.17) is 9.47 Å². The Hall–Kier alpha value is -9.65. The SMILES string of the molecule is c1ccc(N2c3cc4c(cc3B3c5c2cc(-n2c6ccccc6c6ccccc62)cc5-n2c5ccccc5c5cccc3c52)B2c3ccccc3Oc3cc(-n5c6ccccc6c6ccccc65)cc(c32)O4)cc1. The van der Waals surface area contributed by atoms with Gasteiger partial charge in [0.25, 0.3) is 13.4 Å². The summed E-state index contributed by atoms with van der Waals surface area (Å²) in [5.74, 6) is 3.32. The standard InChI is InChI=1S/C66H38B2N4O2/c1-2-17-39(18-3-1)69-57-38-61-51(67-48-25-9-15-32-60(48)73-62-35-41(36-63(74-61)65(62)67)71-54-29-12-6-21-44(54)45-22-7-13-30-55(45)71)37-50(57)68-49-26-16-24-47-46-23-8-14-31-56(46)72(66(47)49)59-34-40(33-58(69)64(59)68)70-52-27-10-4-19-42(52)43-20-5-11-28-53(43)70/h1-38H. The summed E-state index contributed by atoms with van der Waals surface area (Å²) in [5, 5.41) is 7.40. The van der Waals surface area contributed by atoms with E-state index in [1.54, 1.807) is 0 Å². The van der Waals surface area contributed by atoms with E-state index in [-0.39, 0.29) is 13.4 Å². The van der Waals surface area contributed by atoms with E-state index in [1.807, 2.05) is 0 Å². The minimum atomic E-state index is -0.138. The van der Waals surface area contributed by atoms with Crippen LogP contribution in [0.5, 0.6) is 23.0 Å². The van der Waals surface area contributed by atoms with Gasteiger partial charge in [-0.25, -0.2) is 0 Å². The molecule has 74 heavy (non-hydrogen) atoms. The first-order chi connectivity index (χ1) is 36.7. The van der Waals surface area contributed by atoms with Crippen molar-refractivity contribution in [2.24, 2.45) is 0 Å². The molecule has 0 saturated carbocycles. The molecule has 7 heterocycles. The average Bonchev–Trinajstić information content (AvgIpc) is 4.19. The zero-order chi connectivity index (χ0) is 47.9. The van der Waals surface area contributed by atoms with Gasteiger partial charge >= 0.3 is 0 Å². The predicted octanol–water partition coefficient (Wildman–Crippen LogP) is 12.3. The third-order valence-electron chi connectivity index (χ3n) is 16.7. The molecule has 0 bridgehead atoms. The number of hydrogen-bond donors (Lipinski definition) is 0. The molecule has 14 aromatic rings. The van der Waals surface area contributed by atoms with Crippen molar-refractivity contribution in [3.8, 4) is 40.1 Å². The van der Waals surface area contributed by atoms with Crippen LogP contribution >= 0.6 is 0 Å². The first-order valence-electron chi connectivity index (χ1n) is 25.6. The fourth-order valence-electron chi connectivity index (χ4n) is 13.8. The van der Waals surface area contributed by atoms with Crippen molar-refractivity contribution < 1.29 is 9.47 Å². The number of rotatable bonds is 3. The van der Waals surface area contributed by atoms with E-state index in [9.17, 15) is 0 Å². The van der Waals surface area contributed by atoms with E-state index < -0.39 is 0 Å². The van der Waals surface area contributed by atoms with Crippen molar-refractivity contribution >= 4 is 129 Å². The molecule has 0 fully saturated rings. The average molecular weight is 941 g/mol. The van der Waals surface area contributed by atoms with Gasteiger partial charge < -0.3 is 28.1 Å². The second-order valence-electron chi connectivity index (χ2n) is 20.3. The van der Waals surface area contributed by atoms with Gasteiger partial charge in [0.1, 0.15) is 23.0 Å². The Morgan fingerprint density at radius 2 is 0.743 bits per heavy atom. The number of para-hydroxylation sites is 8. The fourth-order valence-corrected chi connectivity index (χ4v) is 13.8. The van der Waals surface area contributed by atoms with E-state index in [2.05, 4.69) is 249 Å². The normalized spacial score (nSPS) is 13.5. The maximum Gasteiger partial charge on any atom is 0.260 e. The number of hydrogen-bond acceptors (Lipinski definition) is 3. The van der Waals surface area contributed by atoms with Crippen LogP contribution in [-0.4, -0.2) is 27.1 Å². The van der Waals surface area contributed by atoms with Crippen LogP contribution in [-0.2, 0) is 0 Å². The molecule has 0 saturated heterocycles. The van der Waals surface area contributed by atoms with Crippen LogP contribution in [0, 0.1) is 0 Å². The maximum atomic E-state index is 7.45. The van der Waals surface area contributed by atoms with Crippen molar-refractivity contribution in [1.82, 2.24) is 13.7 Å². The Balaban J connectivity index is 0.944. The summed E-state index contributed by atoms with van der Waals surface area (Å²) in [7, 11) is 0. The highest BCUT2D eigenvalue weighted by Crippen LogP contribution is 2.46. The van der Waals surface area contributed by atoms with Crippen molar-refractivity contribution in [1.29, 1.82) is 0 Å². The lowest BCUT2D eigenvalue weighted by Gasteiger charge is -2.42. The lowest BCUT2D eigenvalue weighted by molar-refractivity contribution is 0.464. The number of benzene rings is 11. The van der Waals surface area contributed by atoms with Crippen LogP contribution in [0.1, 0.15) is 0 Å². The Kier molecular flexibility index (Phi) is 7.41. The smallest absolute Gasteiger partial charge is 0.260 e. The van der Waals surface area contributed by atoms with Gasteiger partial charge in [0, 0.05) is 84.2 Å². The fraction of sp³-hybridized carbons (Fsp3) is 0. The lowest BCUT2D eigenvalue weighted by atomic mass is 9.31. The molecule has 0 aliphatic carbocycles. The van der Waals surface area contributed by atoms with Gasteiger partial charge in [-0.15, -0.1) is 0 Å². The van der Waals surface area contributed by atoms with E-state index in [0.717, 1.165) is 78.9 Å². The van der Waals surface area contributed by atoms with Gasteiger partial charge in [-0.3, -0.25) is 0 Å². The summed E-state index contributed by atoms with van der Waals surface area (Å²) >= 11 is 0. The number of nitrogens with zero attached hydrogens (tertiary/aromatic N) is 4. The van der Waals surface area contributed by atoms with Gasteiger partial charge in [0.2, 0.25) is 0 Å². The molecule has 3 aromatic heterocycles. The highest BCUT2D eigenvalue weighted by Gasteiger charge is 2.46. The van der Waals surface area contributed by atoms with Crippen LogP contribution in [0.15, 0.2) is 231 Å². The van der Waals surface area contributed by atoms with Crippen LogP contribution < -0.4 is 47.2 Å². The van der Waals surface area contributed by atoms with Crippen molar-refractivity contribution in [2.75, 3.05) is 4.90 Å². The van der Waals surface area contributed by atoms with Gasteiger partial charge in [-0.05, 0) is 88.0 Å². The molecule has 0 unspecified atom stereocenters. The predicted molar refractivity (Wildman–Crippen MR) is 306 cm³/mol. The minimum Gasteiger partial charge on any atom is -0.458 e. The topological polar surface area (TPSA) is 36.5 Å². The molecule has 6 nitrogen and oxygen atoms in total. The Morgan fingerprint density at radius 1 is 0.270 bits per heavy atom. The lowest BCUT2D eigenvalue weighted by Crippen LogP contribution is -2.63. The summed E-state index contributed by atoms with van der Waals surface area (Å²) in [6.45, 7) is -0.234. The zero-order valence-corrected chi connectivity index (χ0v) is 39.7. The summed E-state index contributed by atoms with van der Waals surface area (Å²) in [4.78, 5) is 2.51. The second kappa shape index (κ2) is 14.1. The molecule has 0 radical (unpaired) electrons. The largest absolute Gasteiger partial charge is 0.458 e. The van der Waals surface area contributed by atoms with Crippen molar-refractivity contribution in [3.63, 3.8) is 0 Å². The Bertz CT molecular complexity index is 4730. The molecule has 0 atom stereocenters. The molecule has 0 spiro atoms. The number of fused-ring (bicyclic) bond motifs is 17. The third-order valence-corrected chi connectivity index (χ3v) is 16.7. The van der Waals surface area contributed by atoms with Crippen LogP contribution in [0.3, 0.4) is 0 Å². The van der Waals surface area contributed by atoms with Crippen LogP contribution in [0.25, 0.3) is 82.5 Å². The molecule has 0 N–H and O–H groups in total. The van der Waals surface area contributed by atoms with E-state index in [0.29, 0.717) is 0 Å².